The van der Waals surface area contributed by atoms with Crippen LogP contribution in [0.2, 0.25) is 0 Å². The van der Waals surface area contributed by atoms with Crippen molar-refractivity contribution in [1.82, 2.24) is 0 Å². The van der Waals surface area contributed by atoms with Crippen molar-refractivity contribution in [1.29, 1.82) is 0 Å². The van der Waals surface area contributed by atoms with Crippen LogP contribution < -0.4 is 0 Å². The average Bonchev–Trinajstić information content (AvgIpc) is 2.37. The zero-order valence-corrected chi connectivity index (χ0v) is 7.68. The van der Waals surface area contributed by atoms with Crippen molar-refractivity contribution in [3.63, 3.8) is 0 Å². The first-order chi connectivity index (χ1) is 5.33. The molecule has 0 aromatic rings. The number of ether oxygens (including phenoxy) is 1. The fraction of sp³-hybridized carbons (Fsp3) is 0.778. The van der Waals surface area contributed by atoms with E-state index in [0.29, 0.717) is 6.61 Å². The molecule has 0 aliphatic carbocycles. The fourth-order valence-electron chi connectivity index (χ4n) is 1.16. The molecule has 0 N–H and O–H groups in total. The summed E-state index contributed by atoms with van der Waals surface area (Å²) in [4.78, 5) is 0. The minimum Gasteiger partial charge on any atom is -0.373 e. The largest absolute Gasteiger partial charge is 0.373 e. The van der Waals surface area contributed by atoms with Crippen LogP contribution in [0.5, 0.6) is 0 Å². The molecule has 0 aromatic carbocycles. The van der Waals surface area contributed by atoms with Crippen molar-refractivity contribution >= 4 is 11.6 Å². The van der Waals surface area contributed by atoms with E-state index >= 15 is 0 Å². The van der Waals surface area contributed by atoms with Crippen LogP contribution in [0.3, 0.4) is 0 Å². The molecule has 0 bridgehead atoms. The molecular weight excluding hydrogens is 160 g/mol. The van der Waals surface area contributed by atoms with Crippen molar-refractivity contribution < 1.29 is 4.74 Å². The summed E-state index contributed by atoms with van der Waals surface area (Å²) in [5, 5.41) is 0.228. The van der Waals surface area contributed by atoms with Crippen LogP contribution in [-0.4, -0.2) is 18.1 Å². The van der Waals surface area contributed by atoms with E-state index < -0.39 is 0 Å². The summed E-state index contributed by atoms with van der Waals surface area (Å²) in [6, 6.07) is 0. The number of unbranched alkanes of at least 4 members (excludes halogenated alkanes) is 1. The lowest BCUT2D eigenvalue weighted by molar-refractivity contribution is 0.146. The van der Waals surface area contributed by atoms with Crippen LogP contribution in [0.1, 0.15) is 26.2 Å². The third-order valence-electron chi connectivity index (χ3n) is 1.79. The van der Waals surface area contributed by atoms with Crippen molar-refractivity contribution in [3.05, 3.63) is 12.2 Å². The quantitative estimate of drug-likeness (QED) is 0.472. The zero-order chi connectivity index (χ0) is 8.10. The Morgan fingerprint density at radius 1 is 1.64 bits per heavy atom. The molecule has 1 nitrogen and oxygen atoms in total. The summed E-state index contributed by atoms with van der Waals surface area (Å²) in [6.07, 6.45) is 7.91. The predicted octanol–water partition coefficient (Wildman–Crippen LogP) is 2.74. The van der Waals surface area contributed by atoms with E-state index in [4.69, 9.17) is 16.3 Å². The third kappa shape index (κ3) is 3.26. The molecule has 64 valence electrons. The van der Waals surface area contributed by atoms with E-state index in [9.17, 15) is 0 Å². The second-order valence-corrected chi connectivity index (χ2v) is 3.54. The van der Waals surface area contributed by atoms with Crippen LogP contribution in [0.4, 0.5) is 0 Å². The maximum absolute atomic E-state index is 5.86. The van der Waals surface area contributed by atoms with Gasteiger partial charge in [0.2, 0.25) is 0 Å². The van der Waals surface area contributed by atoms with Crippen molar-refractivity contribution in [3.8, 4) is 0 Å². The first-order valence-electron chi connectivity index (χ1n) is 4.25. The van der Waals surface area contributed by atoms with Gasteiger partial charge in [0.25, 0.3) is 0 Å². The van der Waals surface area contributed by atoms with Gasteiger partial charge in [-0.25, -0.2) is 0 Å². The molecule has 0 spiro atoms. The summed E-state index contributed by atoms with van der Waals surface area (Å²) >= 11 is 5.86. The van der Waals surface area contributed by atoms with Gasteiger partial charge >= 0.3 is 0 Å². The van der Waals surface area contributed by atoms with Crippen LogP contribution in [0.25, 0.3) is 0 Å². The minimum absolute atomic E-state index is 0.228. The highest BCUT2D eigenvalue weighted by Crippen LogP contribution is 2.18. The number of halogens is 1. The monoisotopic (exact) mass is 174 g/mol. The van der Waals surface area contributed by atoms with E-state index in [1.54, 1.807) is 0 Å². The number of alkyl halides is 1. The Balaban J connectivity index is 2.17. The van der Waals surface area contributed by atoms with Gasteiger partial charge in [-0.05, 0) is 12.8 Å². The van der Waals surface area contributed by atoms with E-state index in [1.165, 1.54) is 6.42 Å². The van der Waals surface area contributed by atoms with Gasteiger partial charge in [0.1, 0.15) is 0 Å². The highest BCUT2D eigenvalue weighted by Gasteiger charge is 2.20. The maximum Gasteiger partial charge on any atom is 0.0771 e. The second-order valence-electron chi connectivity index (χ2n) is 2.92. The summed E-state index contributed by atoms with van der Waals surface area (Å²) in [7, 11) is 0. The first-order valence-corrected chi connectivity index (χ1v) is 4.69. The summed E-state index contributed by atoms with van der Waals surface area (Å²) in [5.74, 6) is 0. The molecule has 2 unspecified atom stereocenters. The Hall–Kier alpha value is -0.0100. The lowest BCUT2D eigenvalue weighted by Crippen LogP contribution is -1.99. The fourth-order valence-corrected chi connectivity index (χ4v) is 1.41. The van der Waals surface area contributed by atoms with E-state index in [2.05, 4.69) is 19.1 Å². The highest BCUT2D eigenvalue weighted by atomic mass is 35.5. The van der Waals surface area contributed by atoms with Gasteiger partial charge in [0.15, 0.2) is 0 Å². The van der Waals surface area contributed by atoms with E-state index in [0.717, 1.165) is 12.8 Å². The van der Waals surface area contributed by atoms with Crippen LogP contribution >= 0.6 is 11.6 Å². The summed E-state index contributed by atoms with van der Waals surface area (Å²) < 4.78 is 5.39. The Kier molecular flexibility index (Phi) is 3.95. The molecule has 1 rings (SSSR count). The van der Waals surface area contributed by atoms with Gasteiger partial charge < -0.3 is 4.74 Å². The summed E-state index contributed by atoms with van der Waals surface area (Å²) in [6.45, 7) is 2.88. The van der Waals surface area contributed by atoms with Crippen LogP contribution in [-0.2, 0) is 4.74 Å². The Bertz CT molecular complexity index is 134. The molecule has 1 fully saturated rings. The van der Waals surface area contributed by atoms with Gasteiger partial charge in [-0.3, -0.25) is 0 Å². The molecule has 1 heterocycles. The normalized spacial score (nSPS) is 31.8. The zero-order valence-electron chi connectivity index (χ0n) is 6.92. The number of allylic oxidation sites excluding steroid dienone is 1. The Morgan fingerprint density at radius 3 is 3.00 bits per heavy atom. The van der Waals surface area contributed by atoms with Crippen LogP contribution in [0, 0.1) is 0 Å². The van der Waals surface area contributed by atoms with Gasteiger partial charge in [0.05, 0.1) is 18.1 Å². The molecule has 1 aliphatic rings. The topological polar surface area (TPSA) is 9.23 Å². The number of hydrogen-bond acceptors (Lipinski definition) is 1. The second kappa shape index (κ2) is 4.78. The Morgan fingerprint density at radius 2 is 2.45 bits per heavy atom. The van der Waals surface area contributed by atoms with Crippen molar-refractivity contribution in [2.24, 2.45) is 0 Å². The van der Waals surface area contributed by atoms with Gasteiger partial charge in [-0.1, -0.05) is 25.5 Å². The van der Waals surface area contributed by atoms with Gasteiger partial charge in [0, 0.05) is 0 Å². The molecule has 0 amide bonds. The lowest BCUT2D eigenvalue weighted by atomic mass is 10.2. The van der Waals surface area contributed by atoms with Crippen LogP contribution in [0.15, 0.2) is 12.2 Å². The van der Waals surface area contributed by atoms with E-state index in [1.807, 2.05) is 0 Å². The molecule has 1 aliphatic heterocycles. The SMILES string of the molecule is CCCC=CC1CC(Cl)CO1. The molecule has 2 heteroatoms. The highest BCUT2D eigenvalue weighted by molar-refractivity contribution is 6.20. The van der Waals surface area contributed by atoms with Crippen molar-refractivity contribution in [2.45, 2.75) is 37.7 Å². The maximum atomic E-state index is 5.86. The molecule has 0 radical (unpaired) electrons. The first kappa shape index (κ1) is 9.08. The molecule has 11 heavy (non-hydrogen) atoms. The predicted molar refractivity (Wildman–Crippen MR) is 48.0 cm³/mol. The lowest BCUT2D eigenvalue weighted by Gasteiger charge is -1.99. The summed E-state index contributed by atoms with van der Waals surface area (Å²) in [5.41, 5.74) is 0. The van der Waals surface area contributed by atoms with E-state index in [-0.39, 0.29) is 11.5 Å². The third-order valence-corrected chi connectivity index (χ3v) is 2.09. The number of rotatable bonds is 3. The molecule has 2 atom stereocenters. The number of hydrogen-bond donors (Lipinski definition) is 0. The molecule has 0 saturated carbocycles. The Labute approximate surface area is 73.4 Å². The average molecular weight is 175 g/mol. The van der Waals surface area contributed by atoms with Crippen molar-refractivity contribution in [2.75, 3.05) is 6.61 Å². The smallest absolute Gasteiger partial charge is 0.0771 e. The molecular formula is C9H15ClO. The standard InChI is InChI=1S/C9H15ClO/c1-2-3-4-5-9-6-8(10)7-11-9/h4-5,8-9H,2-3,6-7H2,1H3. The van der Waals surface area contributed by atoms with Gasteiger partial charge in [-0.2, -0.15) is 0 Å². The van der Waals surface area contributed by atoms with Gasteiger partial charge in [-0.15, -0.1) is 11.6 Å². The minimum atomic E-state index is 0.228. The molecule has 1 saturated heterocycles. The molecule has 0 aromatic heterocycles.